The smallest absolute Gasteiger partial charge is 0.264 e. The molecule has 7 heteroatoms. The first-order valence-electron chi connectivity index (χ1n) is 7.61. The van der Waals surface area contributed by atoms with Crippen LogP contribution in [0.3, 0.4) is 0 Å². The van der Waals surface area contributed by atoms with E-state index in [1.807, 2.05) is 20.8 Å². The molecule has 0 aliphatic rings. The number of aromatic amines is 1. The Morgan fingerprint density at radius 1 is 1.33 bits per heavy atom. The molecule has 0 aromatic carbocycles. The van der Waals surface area contributed by atoms with Crippen molar-refractivity contribution in [2.45, 2.75) is 39.7 Å². The number of methoxy groups -OCH3 is 1. The molecular weight excluding hydrogens is 308 g/mol. The zero-order valence-electron chi connectivity index (χ0n) is 14.6. The summed E-state index contributed by atoms with van der Waals surface area (Å²) in [6, 6.07) is 3.50. The monoisotopic (exact) mass is 330 g/mol. The minimum Gasteiger partial charge on any atom is -0.481 e. The van der Waals surface area contributed by atoms with Gasteiger partial charge in [-0.1, -0.05) is 26.8 Å². The molecule has 2 N–H and O–H groups in total. The molecule has 2 heterocycles. The molecule has 0 saturated heterocycles. The molecular formula is C17H22N4O3. The number of carbonyl (C=O) groups is 1. The second-order valence-electron chi connectivity index (χ2n) is 6.52. The van der Waals surface area contributed by atoms with Crippen molar-refractivity contribution in [1.82, 2.24) is 20.3 Å². The molecule has 2 aromatic heterocycles. The number of carbonyl (C=O) groups excluding carboxylic acids is 1. The number of hydrogen-bond acceptors (Lipinski definition) is 5. The Labute approximate surface area is 140 Å². The van der Waals surface area contributed by atoms with Gasteiger partial charge in [0.1, 0.15) is 11.4 Å². The van der Waals surface area contributed by atoms with E-state index < -0.39 is 11.5 Å². The number of amides is 1. The van der Waals surface area contributed by atoms with Gasteiger partial charge in [-0.15, -0.1) is 0 Å². The van der Waals surface area contributed by atoms with E-state index in [1.165, 1.54) is 7.11 Å². The minimum absolute atomic E-state index is 0.0319. The van der Waals surface area contributed by atoms with E-state index in [1.54, 1.807) is 25.3 Å². The summed E-state index contributed by atoms with van der Waals surface area (Å²) in [7, 11) is 1.53. The van der Waals surface area contributed by atoms with E-state index in [9.17, 15) is 9.59 Å². The van der Waals surface area contributed by atoms with E-state index in [4.69, 9.17) is 4.74 Å². The van der Waals surface area contributed by atoms with Crippen molar-refractivity contribution in [3.63, 3.8) is 0 Å². The Morgan fingerprint density at radius 3 is 2.54 bits per heavy atom. The lowest BCUT2D eigenvalue weighted by Gasteiger charge is -2.18. The summed E-state index contributed by atoms with van der Waals surface area (Å²) < 4.78 is 4.98. The van der Waals surface area contributed by atoms with Crippen LogP contribution in [0.25, 0.3) is 0 Å². The third-order valence-corrected chi connectivity index (χ3v) is 3.50. The standard InChI is InChI=1S/C17H22N4O3/c1-10-13(15(23)21-16(20-10)17(2,3)4)14(22)19-9-11-6-7-12(24-5)18-8-11/h6-8H,9H2,1-5H3,(H,19,22)(H,20,21,23). The van der Waals surface area contributed by atoms with Gasteiger partial charge in [0.2, 0.25) is 5.88 Å². The van der Waals surface area contributed by atoms with Gasteiger partial charge in [0.05, 0.1) is 12.8 Å². The Hall–Kier alpha value is -2.70. The van der Waals surface area contributed by atoms with E-state index in [-0.39, 0.29) is 17.5 Å². The summed E-state index contributed by atoms with van der Waals surface area (Å²) in [6.45, 7) is 7.76. The van der Waals surface area contributed by atoms with Gasteiger partial charge in [-0.3, -0.25) is 9.59 Å². The van der Waals surface area contributed by atoms with Crippen molar-refractivity contribution in [1.29, 1.82) is 0 Å². The largest absolute Gasteiger partial charge is 0.481 e. The van der Waals surface area contributed by atoms with Crippen molar-refractivity contribution >= 4 is 5.91 Å². The molecule has 128 valence electrons. The van der Waals surface area contributed by atoms with Crippen LogP contribution in [-0.2, 0) is 12.0 Å². The van der Waals surface area contributed by atoms with Gasteiger partial charge in [0, 0.05) is 24.2 Å². The number of aromatic nitrogens is 3. The second kappa shape index (κ2) is 6.82. The molecule has 0 unspecified atom stereocenters. The number of nitrogens with zero attached hydrogens (tertiary/aromatic N) is 2. The van der Waals surface area contributed by atoms with Crippen LogP contribution in [-0.4, -0.2) is 28.0 Å². The predicted octanol–water partition coefficient (Wildman–Crippen LogP) is 1.71. The summed E-state index contributed by atoms with van der Waals surface area (Å²) in [5.74, 6) is 0.595. The zero-order valence-corrected chi connectivity index (χ0v) is 14.6. The highest BCUT2D eigenvalue weighted by Crippen LogP contribution is 2.17. The normalized spacial score (nSPS) is 11.2. The van der Waals surface area contributed by atoms with Gasteiger partial charge in [0.25, 0.3) is 11.5 Å². The third kappa shape index (κ3) is 3.98. The van der Waals surface area contributed by atoms with Crippen LogP contribution >= 0.6 is 0 Å². The number of aryl methyl sites for hydroxylation is 1. The van der Waals surface area contributed by atoms with E-state index in [2.05, 4.69) is 20.3 Å². The van der Waals surface area contributed by atoms with Crippen molar-refractivity contribution < 1.29 is 9.53 Å². The maximum atomic E-state index is 12.3. The summed E-state index contributed by atoms with van der Waals surface area (Å²) in [5.41, 5.74) is 0.516. The SMILES string of the molecule is COc1ccc(CNC(=O)c2c(C)nc(C(C)(C)C)[nH]c2=O)cn1. The third-order valence-electron chi connectivity index (χ3n) is 3.50. The van der Waals surface area contributed by atoms with Gasteiger partial charge >= 0.3 is 0 Å². The fraction of sp³-hybridized carbons (Fsp3) is 0.412. The molecule has 0 aliphatic carbocycles. The van der Waals surface area contributed by atoms with Gasteiger partial charge < -0.3 is 15.0 Å². The van der Waals surface area contributed by atoms with Crippen LogP contribution < -0.4 is 15.6 Å². The van der Waals surface area contributed by atoms with Crippen LogP contribution in [0.4, 0.5) is 0 Å². The van der Waals surface area contributed by atoms with E-state index in [0.29, 0.717) is 17.4 Å². The van der Waals surface area contributed by atoms with Crippen molar-refractivity contribution in [3.05, 3.63) is 51.3 Å². The fourth-order valence-corrected chi connectivity index (χ4v) is 2.12. The summed E-state index contributed by atoms with van der Waals surface area (Å²) in [4.78, 5) is 35.7. The first-order chi connectivity index (χ1) is 11.2. The Bertz CT molecular complexity index is 789. The maximum Gasteiger partial charge on any atom is 0.264 e. The average molecular weight is 330 g/mol. The minimum atomic E-state index is -0.461. The quantitative estimate of drug-likeness (QED) is 0.889. The van der Waals surface area contributed by atoms with Gasteiger partial charge in [0.15, 0.2) is 0 Å². The molecule has 0 spiro atoms. The Kier molecular flexibility index (Phi) is 5.02. The first kappa shape index (κ1) is 17.7. The van der Waals surface area contributed by atoms with Crippen LogP contribution in [0, 0.1) is 6.92 Å². The number of H-pyrrole nitrogens is 1. The number of hydrogen-bond donors (Lipinski definition) is 2. The van der Waals surface area contributed by atoms with Crippen LogP contribution in [0.2, 0.25) is 0 Å². The Balaban J connectivity index is 2.16. The molecule has 0 atom stereocenters. The van der Waals surface area contributed by atoms with E-state index in [0.717, 1.165) is 5.56 Å². The highest BCUT2D eigenvalue weighted by Gasteiger charge is 2.22. The average Bonchev–Trinajstić information content (AvgIpc) is 2.51. The highest BCUT2D eigenvalue weighted by atomic mass is 16.5. The lowest BCUT2D eigenvalue weighted by atomic mass is 9.95. The molecule has 0 fully saturated rings. The predicted molar refractivity (Wildman–Crippen MR) is 90.3 cm³/mol. The van der Waals surface area contributed by atoms with E-state index >= 15 is 0 Å². The van der Waals surface area contributed by atoms with Crippen molar-refractivity contribution in [2.75, 3.05) is 7.11 Å². The summed E-state index contributed by atoms with van der Waals surface area (Å²) in [5, 5.41) is 2.71. The molecule has 0 bridgehead atoms. The van der Waals surface area contributed by atoms with Crippen LogP contribution in [0.5, 0.6) is 5.88 Å². The number of ether oxygens (including phenoxy) is 1. The van der Waals surface area contributed by atoms with Crippen LogP contribution in [0.1, 0.15) is 48.2 Å². The van der Waals surface area contributed by atoms with Gasteiger partial charge in [-0.05, 0) is 12.5 Å². The highest BCUT2D eigenvalue weighted by molar-refractivity contribution is 5.94. The van der Waals surface area contributed by atoms with Gasteiger partial charge in [-0.25, -0.2) is 9.97 Å². The molecule has 7 nitrogen and oxygen atoms in total. The molecule has 2 rings (SSSR count). The summed E-state index contributed by atoms with van der Waals surface area (Å²) >= 11 is 0. The maximum absolute atomic E-state index is 12.3. The van der Waals surface area contributed by atoms with Gasteiger partial charge in [-0.2, -0.15) is 0 Å². The lowest BCUT2D eigenvalue weighted by molar-refractivity contribution is 0.0948. The molecule has 2 aromatic rings. The topological polar surface area (TPSA) is 97.0 Å². The number of nitrogens with one attached hydrogen (secondary N) is 2. The second-order valence-corrected chi connectivity index (χ2v) is 6.52. The van der Waals surface area contributed by atoms with Crippen molar-refractivity contribution in [3.8, 4) is 5.88 Å². The fourth-order valence-electron chi connectivity index (χ4n) is 2.12. The van der Waals surface area contributed by atoms with Crippen molar-refractivity contribution in [2.24, 2.45) is 0 Å². The number of pyridine rings is 1. The molecule has 24 heavy (non-hydrogen) atoms. The number of rotatable bonds is 4. The zero-order chi connectivity index (χ0) is 17.9. The first-order valence-corrected chi connectivity index (χ1v) is 7.61. The van der Waals surface area contributed by atoms with Crippen LogP contribution in [0.15, 0.2) is 23.1 Å². The molecule has 0 radical (unpaired) electrons. The molecule has 0 aliphatic heterocycles. The molecule has 1 amide bonds. The Morgan fingerprint density at radius 2 is 2.04 bits per heavy atom. The lowest BCUT2D eigenvalue weighted by Crippen LogP contribution is -2.33. The molecule has 0 saturated carbocycles. The summed E-state index contributed by atoms with van der Waals surface area (Å²) in [6.07, 6.45) is 1.61.